The molecule has 82 valence electrons. The number of hydrogen-bond donors (Lipinski definition) is 3. The zero-order valence-electron chi connectivity index (χ0n) is 8.48. The van der Waals surface area contributed by atoms with Crippen LogP contribution in [0, 0.1) is 5.41 Å². The van der Waals surface area contributed by atoms with Gasteiger partial charge in [0.25, 0.3) is 0 Å². The van der Waals surface area contributed by atoms with E-state index in [0.29, 0.717) is 5.82 Å². The average molecular weight is 209 g/mol. The van der Waals surface area contributed by atoms with Gasteiger partial charge in [-0.25, -0.2) is 0 Å². The second kappa shape index (κ2) is 3.80. The molecule has 0 atom stereocenters. The Morgan fingerprint density at radius 1 is 1.33 bits per heavy atom. The van der Waals surface area contributed by atoms with Gasteiger partial charge in [0.05, 0.1) is 0 Å². The first-order valence-electron chi connectivity index (χ1n) is 5.07. The van der Waals surface area contributed by atoms with E-state index in [-0.39, 0.29) is 11.4 Å². The molecule has 0 radical (unpaired) electrons. The lowest BCUT2D eigenvalue weighted by molar-refractivity contribution is 0.189. The first-order valence-corrected chi connectivity index (χ1v) is 5.07. The molecule has 2 heterocycles. The second-order valence-corrected chi connectivity index (χ2v) is 3.72. The number of piperidine rings is 1. The third-order valence-corrected chi connectivity index (χ3v) is 2.61. The van der Waals surface area contributed by atoms with Crippen molar-refractivity contribution in [2.45, 2.75) is 19.3 Å². The van der Waals surface area contributed by atoms with Crippen LogP contribution in [0.4, 0.5) is 11.8 Å². The van der Waals surface area contributed by atoms with Crippen LogP contribution in [0.2, 0.25) is 0 Å². The van der Waals surface area contributed by atoms with Crippen molar-refractivity contribution in [2.75, 3.05) is 23.7 Å². The molecule has 1 aliphatic rings. The van der Waals surface area contributed by atoms with Gasteiger partial charge in [0.15, 0.2) is 11.3 Å². The molecule has 2 rings (SSSR count). The van der Waals surface area contributed by atoms with Crippen LogP contribution in [0.3, 0.4) is 0 Å². The summed E-state index contributed by atoms with van der Waals surface area (Å²) in [5, 5.41) is 17.1. The molecule has 4 N–H and O–H groups in total. The van der Waals surface area contributed by atoms with E-state index in [2.05, 4.69) is 4.98 Å². The molecule has 0 saturated carbocycles. The molecule has 0 amide bonds. The molecule has 6 nitrogen and oxygen atoms in total. The lowest BCUT2D eigenvalue weighted by Crippen LogP contribution is -2.33. The summed E-state index contributed by atoms with van der Waals surface area (Å²) in [7, 11) is 0. The highest BCUT2D eigenvalue weighted by Crippen LogP contribution is 2.18. The topological polar surface area (TPSA) is 91.2 Å². The van der Waals surface area contributed by atoms with Gasteiger partial charge in [-0.3, -0.25) is 5.41 Å². The van der Waals surface area contributed by atoms with Crippen LogP contribution in [-0.4, -0.2) is 28.0 Å². The minimum atomic E-state index is -0.0388. The fourth-order valence-electron chi connectivity index (χ4n) is 1.85. The van der Waals surface area contributed by atoms with Crippen LogP contribution in [0.15, 0.2) is 6.07 Å². The summed E-state index contributed by atoms with van der Waals surface area (Å²) in [4.78, 5) is 5.69. The van der Waals surface area contributed by atoms with Crippen molar-refractivity contribution in [3.05, 3.63) is 11.6 Å². The molecule has 0 unspecified atom stereocenters. The summed E-state index contributed by atoms with van der Waals surface area (Å²) < 4.78 is 0.851. The minimum Gasteiger partial charge on any atom is -0.424 e. The Balaban J connectivity index is 2.37. The summed E-state index contributed by atoms with van der Waals surface area (Å²) in [6.07, 6.45) is 3.43. The number of rotatable bonds is 1. The molecule has 1 fully saturated rings. The van der Waals surface area contributed by atoms with Crippen molar-refractivity contribution in [3.8, 4) is 0 Å². The van der Waals surface area contributed by atoms with Crippen LogP contribution >= 0.6 is 0 Å². The summed E-state index contributed by atoms with van der Waals surface area (Å²) in [6.45, 7) is 1.78. The van der Waals surface area contributed by atoms with Crippen molar-refractivity contribution in [1.82, 2.24) is 9.71 Å². The molecule has 15 heavy (non-hydrogen) atoms. The number of anilines is 2. The minimum absolute atomic E-state index is 0.0388. The van der Waals surface area contributed by atoms with Crippen LogP contribution in [0.1, 0.15) is 19.3 Å². The third-order valence-electron chi connectivity index (χ3n) is 2.61. The maximum Gasteiger partial charge on any atom is 0.238 e. The van der Waals surface area contributed by atoms with E-state index in [9.17, 15) is 5.21 Å². The molecule has 1 aromatic heterocycles. The number of nitrogens with two attached hydrogens (primary N) is 1. The first-order chi connectivity index (χ1) is 7.18. The smallest absolute Gasteiger partial charge is 0.238 e. The number of aromatic nitrogens is 2. The van der Waals surface area contributed by atoms with E-state index in [1.54, 1.807) is 0 Å². The number of hydrogen-bond acceptors (Lipinski definition) is 5. The van der Waals surface area contributed by atoms with Crippen LogP contribution in [0.5, 0.6) is 0 Å². The third kappa shape index (κ3) is 1.88. The molecule has 1 saturated heterocycles. The first kappa shape index (κ1) is 9.82. The monoisotopic (exact) mass is 209 g/mol. The quantitative estimate of drug-likeness (QED) is 0.575. The summed E-state index contributed by atoms with van der Waals surface area (Å²) >= 11 is 0. The van der Waals surface area contributed by atoms with Gasteiger partial charge < -0.3 is 15.8 Å². The van der Waals surface area contributed by atoms with E-state index in [1.807, 2.05) is 4.90 Å². The zero-order valence-corrected chi connectivity index (χ0v) is 8.48. The Labute approximate surface area is 87.4 Å². The molecule has 0 spiro atoms. The van der Waals surface area contributed by atoms with Gasteiger partial charge in [-0.1, -0.05) is 0 Å². The average Bonchev–Trinajstić information content (AvgIpc) is 2.24. The molecular weight excluding hydrogens is 194 g/mol. The number of nitrogen functional groups attached to an aromatic ring is 1. The summed E-state index contributed by atoms with van der Waals surface area (Å²) in [6, 6.07) is 1.53. The maximum absolute atomic E-state index is 9.68. The van der Waals surface area contributed by atoms with Crippen LogP contribution in [0.25, 0.3) is 0 Å². The van der Waals surface area contributed by atoms with E-state index < -0.39 is 0 Å². The highest BCUT2D eigenvalue weighted by atomic mass is 16.5. The van der Waals surface area contributed by atoms with Crippen molar-refractivity contribution < 1.29 is 5.21 Å². The normalized spacial score (nSPS) is 16.7. The van der Waals surface area contributed by atoms with Crippen molar-refractivity contribution in [3.63, 3.8) is 0 Å². The fraction of sp³-hybridized carbons (Fsp3) is 0.556. The lowest BCUT2D eigenvalue weighted by Gasteiger charge is -2.29. The van der Waals surface area contributed by atoms with Crippen molar-refractivity contribution >= 4 is 11.8 Å². The molecule has 1 aromatic rings. The Hall–Kier alpha value is -1.72. The molecule has 0 aromatic carbocycles. The van der Waals surface area contributed by atoms with Gasteiger partial charge in [0.1, 0.15) is 0 Å². The van der Waals surface area contributed by atoms with Gasteiger partial charge >= 0.3 is 0 Å². The zero-order chi connectivity index (χ0) is 10.8. The van der Waals surface area contributed by atoms with Crippen molar-refractivity contribution in [1.29, 1.82) is 5.41 Å². The van der Waals surface area contributed by atoms with E-state index >= 15 is 0 Å². The molecule has 0 bridgehead atoms. The number of nitrogens with one attached hydrogen (secondary N) is 1. The molecule has 6 heteroatoms. The highest BCUT2D eigenvalue weighted by molar-refractivity contribution is 5.42. The van der Waals surface area contributed by atoms with Crippen molar-refractivity contribution in [2.24, 2.45) is 0 Å². The second-order valence-electron chi connectivity index (χ2n) is 3.72. The van der Waals surface area contributed by atoms with Gasteiger partial charge in [-0.2, -0.15) is 4.98 Å². The van der Waals surface area contributed by atoms with Gasteiger partial charge in [0, 0.05) is 19.2 Å². The van der Waals surface area contributed by atoms with E-state index in [4.69, 9.17) is 11.1 Å². The van der Waals surface area contributed by atoms with E-state index in [1.165, 1.54) is 12.5 Å². The molecule has 0 aliphatic carbocycles. The van der Waals surface area contributed by atoms with Crippen LogP contribution in [-0.2, 0) is 0 Å². The Morgan fingerprint density at radius 2 is 2.00 bits per heavy atom. The standard InChI is InChI=1S/C9H15N5O/c10-7-6-8(14(15)9(11)12-7)13-4-2-1-3-5-13/h6,15H,1-5H2,(H3,10,11,12). The molecule has 1 aliphatic heterocycles. The lowest BCUT2D eigenvalue weighted by atomic mass is 10.1. The summed E-state index contributed by atoms with van der Waals surface area (Å²) in [5.41, 5.74) is 5.57. The fourth-order valence-corrected chi connectivity index (χ4v) is 1.85. The van der Waals surface area contributed by atoms with Gasteiger partial charge in [0.2, 0.25) is 5.95 Å². The largest absolute Gasteiger partial charge is 0.424 e. The SMILES string of the molecule is N=c1cc(N2CCCCC2)n(O)c(N)n1. The van der Waals surface area contributed by atoms with Gasteiger partial charge in [-0.15, -0.1) is 4.73 Å². The number of nitrogens with zero attached hydrogens (tertiary/aromatic N) is 3. The Bertz CT molecular complexity index is 407. The maximum atomic E-state index is 9.68. The molecular formula is C9H15N5O. The van der Waals surface area contributed by atoms with Crippen LogP contribution < -0.4 is 16.1 Å². The predicted octanol–water partition coefficient (Wildman–Crippen LogP) is 0.172. The highest BCUT2D eigenvalue weighted by Gasteiger charge is 2.15. The van der Waals surface area contributed by atoms with Gasteiger partial charge in [-0.05, 0) is 19.3 Å². The summed E-state index contributed by atoms with van der Waals surface area (Å²) in [5.74, 6) is 0.523. The Morgan fingerprint density at radius 3 is 2.67 bits per heavy atom. The van der Waals surface area contributed by atoms with E-state index in [0.717, 1.165) is 30.7 Å². The Kier molecular flexibility index (Phi) is 2.49. The predicted molar refractivity (Wildman–Crippen MR) is 55.7 cm³/mol.